The molecule has 0 aromatic carbocycles. The molecule has 0 radical (unpaired) electrons. The number of aromatic nitrogens is 1. The molecule has 2 aliphatic heterocycles. The molecule has 1 saturated heterocycles. The maximum absolute atomic E-state index is 12.7. The van der Waals surface area contributed by atoms with Crippen molar-refractivity contribution in [3.8, 4) is 0 Å². The van der Waals surface area contributed by atoms with Crippen LogP contribution in [0.25, 0.3) is 0 Å². The number of ketones is 1. The van der Waals surface area contributed by atoms with E-state index in [0.29, 0.717) is 6.04 Å². The van der Waals surface area contributed by atoms with Gasteiger partial charge in [0.1, 0.15) is 0 Å². The van der Waals surface area contributed by atoms with Gasteiger partial charge in [0, 0.05) is 36.1 Å². The average molecular weight is 310 g/mol. The van der Waals surface area contributed by atoms with Gasteiger partial charge in [0.25, 0.3) is 0 Å². The largest absolute Gasteiger partial charge is 0.361 e. The Labute approximate surface area is 138 Å². The third-order valence-electron chi connectivity index (χ3n) is 6.58. The third kappa shape index (κ3) is 2.09. The van der Waals surface area contributed by atoms with E-state index in [4.69, 9.17) is 0 Å². The van der Waals surface area contributed by atoms with Gasteiger partial charge in [0.2, 0.25) is 0 Å². The van der Waals surface area contributed by atoms with Gasteiger partial charge in [-0.15, -0.1) is 0 Å². The zero-order valence-electron chi connectivity index (χ0n) is 14.2. The Bertz CT molecular complexity index is 638. The average Bonchev–Trinajstić information content (AvgIpc) is 2.59. The Balaban J connectivity index is 1.88. The topological polar surface area (TPSA) is 33.2 Å². The maximum atomic E-state index is 12.7. The molecule has 0 spiro atoms. The molecule has 2 fully saturated rings. The number of rotatable bonds is 1. The number of hydrogen-bond acceptors (Lipinski definition) is 3. The molecule has 1 aliphatic carbocycles. The predicted molar refractivity (Wildman–Crippen MR) is 90.7 cm³/mol. The van der Waals surface area contributed by atoms with Crippen molar-refractivity contribution in [2.75, 3.05) is 0 Å². The van der Waals surface area contributed by atoms with E-state index in [1.807, 2.05) is 18.5 Å². The number of fused-ring (bicyclic) bond motifs is 3. The summed E-state index contributed by atoms with van der Waals surface area (Å²) in [5, 5.41) is 0. The fourth-order valence-electron chi connectivity index (χ4n) is 5.50. The summed E-state index contributed by atoms with van der Waals surface area (Å²) in [6, 6.07) is 4.84. The lowest BCUT2D eigenvalue weighted by Crippen LogP contribution is -2.63. The Morgan fingerprint density at radius 1 is 1.17 bits per heavy atom. The zero-order valence-corrected chi connectivity index (χ0v) is 14.2. The first-order chi connectivity index (χ1) is 11.1. The van der Waals surface area contributed by atoms with Crippen molar-refractivity contribution in [2.24, 2.45) is 11.8 Å². The lowest BCUT2D eigenvalue weighted by atomic mass is 9.63. The summed E-state index contributed by atoms with van der Waals surface area (Å²) >= 11 is 0. The molecule has 23 heavy (non-hydrogen) atoms. The molecule has 1 aromatic rings. The van der Waals surface area contributed by atoms with Crippen LogP contribution in [0.1, 0.15) is 57.9 Å². The maximum Gasteiger partial charge on any atom is 0.162 e. The highest BCUT2D eigenvalue weighted by Gasteiger charge is 2.54. The SMILES string of the molecule is CC1=CC(=O)C(C)C2(c3ccncc3)CCC3CCCCC3N12. The van der Waals surface area contributed by atoms with E-state index in [-0.39, 0.29) is 17.2 Å². The smallest absolute Gasteiger partial charge is 0.162 e. The predicted octanol–water partition coefficient (Wildman–Crippen LogP) is 4.05. The lowest BCUT2D eigenvalue weighted by molar-refractivity contribution is -0.132. The second-order valence-electron chi connectivity index (χ2n) is 7.59. The molecule has 1 saturated carbocycles. The van der Waals surface area contributed by atoms with E-state index in [1.54, 1.807) is 0 Å². The van der Waals surface area contributed by atoms with E-state index < -0.39 is 0 Å². The highest BCUT2D eigenvalue weighted by Crippen LogP contribution is 2.54. The summed E-state index contributed by atoms with van der Waals surface area (Å²) in [6.45, 7) is 4.26. The van der Waals surface area contributed by atoms with Gasteiger partial charge >= 0.3 is 0 Å². The number of carbonyl (C=O) groups is 1. The molecular formula is C20H26N2O. The van der Waals surface area contributed by atoms with E-state index in [2.05, 4.69) is 35.9 Å². The van der Waals surface area contributed by atoms with Gasteiger partial charge in [-0.3, -0.25) is 9.78 Å². The van der Waals surface area contributed by atoms with Crippen LogP contribution in [0.5, 0.6) is 0 Å². The number of pyridine rings is 1. The van der Waals surface area contributed by atoms with Crippen LogP contribution < -0.4 is 0 Å². The highest BCUT2D eigenvalue weighted by atomic mass is 16.1. The molecule has 4 atom stereocenters. The van der Waals surface area contributed by atoms with Gasteiger partial charge < -0.3 is 4.90 Å². The molecule has 0 N–H and O–H groups in total. The van der Waals surface area contributed by atoms with E-state index in [9.17, 15) is 4.79 Å². The third-order valence-corrected chi connectivity index (χ3v) is 6.58. The molecule has 1 aromatic heterocycles. The molecular weight excluding hydrogens is 284 g/mol. The Morgan fingerprint density at radius 2 is 1.91 bits per heavy atom. The summed E-state index contributed by atoms with van der Waals surface area (Å²) in [5.74, 6) is 1.09. The van der Waals surface area contributed by atoms with Gasteiger partial charge in [0.15, 0.2) is 5.78 Å². The quantitative estimate of drug-likeness (QED) is 0.784. The van der Waals surface area contributed by atoms with Crippen LogP contribution in [-0.4, -0.2) is 21.7 Å². The number of carbonyl (C=O) groups excluding carboxylic acids is 1. The van der Waals surface area contributed by atoms with Gasteiger partial charge in [0.05, 0.1) is 5.54 Å². The van der Waals surface area contributed by atoms with Crippen LogP contribution in [0.4, 0.5) is 0 Å². The Hall–Kier alpha value is -1.64. The normalized spacial score (nSPS) is 37.0. The molecule has 4 unspecified atom stereocenters. The Kier molecular flexibility index (Phi) is 3.55. The van der Waals surface area contributed by atoms with Crippen molar-refractivity contribution < 1.29 is 4.79 Å². The van der Waals surface area contributed by atoms with E-state index >= 15 is 0 Å². The van der Waals surface area contributed by atoms with Crippen LogP contribution >= 0.6 is 0 Å². The second-order valence-corrected chi connectivity index (χ2v) is 7.59. The fourth-order valence-corrected chi connectivity index (χ4v) is 5.50. The lowest BCUT2D eigenvalue weighted by Gasteiger charge is -2.61. The summed E-state index contributed by atoms with van der Waals surface area (Å²) < 4.78 is 0. The van der Waals surface area contributed by atoms with Crippen molar-refractivity contribution >= 4 is 5.78 Å². The van der Waals surface area contributed by atoms with E-state index in [0.717, 1.165) is 12.3 Å². The summed E-state index contributed by atoms with van der Waals surface area (Å²) in [4.78, 5) is 19.5. The first-order valence-electron chi connectivity index (χ1n) is 9.06. The highest BCUT2D eigenvalue weighted by molar-refractivity contribution is 5.94. The molecule has 3 nitrogen and oxygen atoms in total. The van der Waals surface area contributed by atoms with Crippen molar-refractivity contribution in [3.63, 3.8) is 0 Å². The summed E-state index contributed by atoms with van der Waals surface area (Å²) in [7, 11) is 0. The Morgan fingerprint density at radius 3 is 2.70 bits per heavy atom. The molecule has 0 bridgehead atoms. The molecule has 3 aliphatic rings. The monoisotopic (exact) mass is 310 g/mol. The van der Waals surface area contributed by atoms with Crippen molar-refractivity contribution in [3.05, 3.63) is 41.9 Å². The minimum absolute atomic E-state index is 0.0106. The minimum Gasteiger partial charge on any atom is -0.361 e. The standard InChI is InChI=1S/C20H26N2O/c1-14-13-19(23)15(2)20(17-8-11-21-12-9-17)10-7-16-5-3-4-6-18(16)22(14)20/h8-9,11-13,15-16,18H,3-7,10H2,1-2H3. The molecule has 0 amide bonds. The van der Waals surface area contributed by atoms with Crippen molar-refractivity contribution in [1.82, 2.24) is 9.88 Å². The van der Waals surface area contributed by atoms with Gasteiger partial charge in [-0.05, 0) is 56.2 Å². The van der Waals surface area contributed by atoms with Gasteiger partial charge in [-0.2, -0.15) is 0 Å². The second kappa shape index (κ2) is 5.47. The number of hydrogen-bond donors (Lipinski definition) is 0. The zero-order chi connectivity index (χ0) is 16.0. The van der Waals surface area contributed by atoms with Crippen molar-refractivity contribution in [2.45, 2.75) is 64.0 Å². The van der Waals surface area contributed by atoms with Crippen LogP contribution in [-0.2, 0) is 10.3 Å². The van der Waals surface area contributed by atoms with Crippen LogP contribution in [0, 0.1) is 11.8 Å². The van der Waals surface area contributed by atoms with Gasteiger partial charge in [-0.25, -0.2) is 0 Å². The summed E-state index contributed by atoms with van der Waals surface area (Å²) in [6.07, 6.45) is 13.3. The summed E-state index contributed by atoms with van der Waals surface area (Å²) in [5.41, 5.74) is 2.27. The number of piperidine rings is 1. The van der Waals surface area contributed by atoms with E-state index in [1.165, 1.54) is 43.4 Å². The number of nitrogens with zero attached hydrogens (tertiary/aromatic N) is 2. The van der Waals surface area contributed by atoms with Crippen molar-refractivity contribution in [1.29, 1.82) is 0 Å². The number of allylic oxidation sites excluding steroid dienone is 2. The van der Waals surface area contributed by atoms with Crippen LogP contribution in [0.3, 0.4) is 0 Å². The molecule has 3 heterocycles. The molecule has 122 valence electrons. The fraction of sp³-hybridized carbons (Fsp3) is 0.600. The van der Waals surface area contributed by atoms with Crippen LogP contribution in [0.15, 0.2) is 36.3 Å². The van der Waals surface area contributed by atoms with Crippen LogP contribution in [0.2, 0.25) is 0 Å². The molecule has 4 rings (SSSR count). The molecule has 3 heteroatoms. The first kappa shape index (κ1) is 14.9. The van der Waals surface area contributed by atoms with Gasteiger partial charge in [-0.1, -0.05) is 19.8 Å². The first-order valence-corrected chi connectivity index (χ1v) is 9.06. The minimum atomic E-state index is -0.169.